The number of fused-ring (bicyclic) bond motifs is 1. The molecule has 25 heavy (non-hydrogen) atoms. The molecule has 2 aromatic rings. The number of carbonyl (C=O) groups excluding carboxylic acids is 2. The summed E-state index contributed by atoms with van der Waals surface area (Å²) in [5, 5.41) is 10.6. The van der Waals surface area contributed by atoms with Crippen LogP contribution in [-0.4, -0.2) is 41.2 Å². The van der Waals surface area contributed by atoms with Crippen LogP contribution in [0.3, 0.4) is 0 Å². The predicted octanol–water partition coefficient (Wildman–Crippen LogP) is 3.44. The van der Waals surface area contributed by atoms with Crippen LogP contribution in [-0.2, 0) is 16.0 Å². The number of aromatic nitrogens is 1. The minimum absolute atomic E-state index is 0.423. The van der Waals surface area contributed by atoms with Gasteiger partial charge in [-0.3, -0.25) is 0 Å². The largest absolute Gasteiger partial charge is 0.444 e. The van der Waals surface area contributed by atoms with E-state index in [4.69, 9.17) is 9.84 Å². The Hall–Kier alpha value is -2.34. The molecule has 0 fully saturated rings. The average Bonchev–Trinajstić information content (AvgIpc) is 2.99. The zero-order valence-electron chi connectivity index (χ0n) is 15.9. The van der Waals surface area contributed by atoms with E-state index in [9.17, 15) is 9.59 Å². The Morgan fingerprint density at radius 3 is 2.44 bits per heavy atom. The monoisotopic (exact) mass is 350 g/mol. The van der Waals surface area contributed by atoms with Crippen LogP contribution in [0.25, 0.3) is 10.9 Å². The number of hydrogen-bond acceptors (Lipinski definition) is 4. The number of aliphatic hydroxyl groups excluding tert-OH is 1. The molecular weight excluding hydrogens is 320 g/mol. The Bertz CT molecular complexity index is 644. The number of hydrogen-bond donors (Lipinski definition) is 3. The highest BCUT2D eigenvalue weighted by molar-refractivity contribution is 5.84. The fraction of sp³-hybridized carbons (Fsp3) is 0.474. The first-order valence-electron chi connectivity index (χ1n) is 8.33. The summed E-state index contributed by atoms with van der Waals surface area (Å²) in [5.41, 5.74) is 1.41. The summed E-state index contributed by atoms with van der Waals surface area (Å²) in [4.78, 5) is 26.1. The summed E-state index contributed by atoms with van der Waals surface area (Å²) in [6, 6.07) is 7.22. The average molecular weight is 350 g/mol. The van der Waals surface area contributed by atoms with Gasteiger partial charge in [-0.25, -0.2) is 4.79 Å². The standard InChI is InChI=1S/C16H20N2O3.C2H6.CH4O/c1-16(2,3)21-15(20)18-12(10-19)8-11-9-17-14-7-5-4-6-13(11)14;2*1-2/h4-7,9-10,12,17H,8H2,1-3H3,(H,18,20);1-2H3;2H,1H3. The number of alkyl carbamates (subject to hydrolysis) is 1. The fourth-order valence-electron chi connectivity index (χ4n) is 2.13. The lowest BCUT2D eigenvalue weighted by Crippen LogP contribution is -2.41. The Kier molecular flexibility index (Phi) is 10.2. The lowest BCUT2D eigenvalue weighted by molar-refractivity contribution is -0.109. The molecule has 140 valence electrons. The molecule has 6 heteroatoms. The molecule has 0 aliphatic carbocycles. The van der Waals surface area contributed by atoms with E-state index in [1.807, 2.05) is 44.3 Å². The van der Waals surface area contributed by atoms with Gasteiger partial charge in [0.1, 0.15) is 11.9 Å². The summed E-state index contributed by atoms with van der Waals surface area (Å²) in [5.74, 6) is 0. The number of nitrogens with one attached hydrogen (secondary N) is 2. The Labute approximate surface area is 149 Å². The van der Waals surface area contributed by atoms with Crippen LogP contribution in [0.5, 0.6) is 0 Å². The summed E-state index contributed by atoms with van der Waals surface area (Å²) >= 11 is 0. The maximum atomic E-state index is 11.7. The highest BCUT2D eigenvalue weighted by Gasteiger charge is 2.20. The van der Waals surface area contributed by atoms with Gasteiger partial charge < -0.3 is 24.9 Å². The fourth-order valence-corrected chi connectivity index (χ4v) is 2.13. The van der Waals surface area contributed by atoms with Crippen molar-refractivity contribution in [3.8, 4) is 0 Å². The molecule has 0 bridgehead atoms. The number of benzene rings is 1. The van der Waals surface area contributed by atoms with E-state index >= 15 is 0 Å². The van der Waals surface area contributed by atoms with Crippen LogP contribution in [0.2, 0.25) is 0 Å². The number of ether oxygens (including phenoxy) is 1. The van der Waals surface area contributed by atoms with Gasteiger partial charge in [0.2, 0.25) is 0 Å². The van der Waals surface area contributed by atoms with Gasteiger partial charge in [-0.05, 0) is 32.4 Å². The van der Waals surface area contributed by atoms with Crippen molar-refractivity contribution in [2.45, 2.75) is 52.7 Å². The van der Waals surface area contributed by atoms with Crippen molar-refractivity contribution in [2.24, 2.45) is 0 Å². The van der Waals surface area contributed by atoms with Gasteiger partial charge in [-0.15, -0.1) is 0 Å². The van der Waals surface area contributed by atoms with Gasteiger partial charge in [-0.1, -0.05) is 32.0 Å². The second kappa shape index (κ2) is 11.3. The van der Waals surface area contributed by atoms with Gasteiger partial charge >= 0.3 is 6.09 Å². The zero-order chi connectivity index (χ0) is 19.5. The molecule has 3 N–H and O–H groups in total. The number of para-hydroxylation sites is 1. The van der Waals surface area contributed by atoms with E-state index in [-0.39, 0.29) is 0 Å². The van der Waals surface area contributed by atoms with Crippen LogP contribution in [0, 0.1) is 0 Å². The molecule has 6 nitrogen and oxygen atoms in total. The molecule has 0 aliphatic rings. The van der Waals surface area contributed by atoms with Gasteiger partial charge in [-0.2, -0.15) is 0 Å². The number of rotatable bonds is 4. The lowest BCUT2D eigenvalue weighted by Gasteiger charge is -2.21. The molecular formula is C19H30N2O4. The van der Waals surface area contributed by atoms with E-state index in [0.29, 0.717) is 6.42 Å². The van der Waals surface area contributed by atoms with E-state index in [1.165, 1.54) is 0 Å². The third-order valence-electron chi connectivity index (χ3n) is 2.98. The second-order valence-electron chi connectivity index (χ2n) is 5.95. The molecule has 1 amide bonds. The van der Waals surface area contributed by atoms with E-state index < -0.39 is 17.7 Å². The number of amides is 1. The Morgan fingerprint density at radius 1 is 1.28 bits per heavy atom. The first kappa shape index (κ1) is 22.7. The number of aldehydes is 1. The number of carbonyl (C=O) groups is 2. The minimum atomic E-state index is -0.612. The minimum Gasteiger partial charge on any atom is -0.444 e. The first-order chi connectivity index (χ1) is 11.9. The van der Waals surface area contributed by atoms with Gasteiger partial charge in [0.15, 0.2) is 0 Å². The molecule has 1 aromatic heterocycles. The Morgan fingerprint density at radius 2 is 1.88 bits per heavy atom. The molecule has 1 aromatic carbocycles. The predicted molar refractivity (Wildman–Crippen MR) is 101 cm³/mol. The van der Waals surface area contributed by atoms with E-state index in [0.717, 1.165) is 29.9 Å². The molecule has 0 radical (unpaired) electrons. The maximum absolute atomic E-state index is 11.7. The zero-order valence-corrected chi connectivity index (χ0v) is 15.9. The molecule has 0 spiro atoms. The maximum Gasteiger partial charge on any atom is 0.408 e. The van der Waals surface area contributed by atoms with Crippen molar-refractivity contribution >= 4 is 23.3 Å². The smallest absolute Gasteiger partial charge is 0.408 e. The van der Waals surface area contributed by atoms with Crippen molar-refractivity contribution in [1.29, 1.82) is 0 Å². The van der Waals surface area contributed by atoms with Crippen molar-refractivity contribution < 1.29 is 19.4 Å². The van der Waals surface area contributed by atoms with Crippen LogP contribution in [0.4, 0.5) is 4.79 Å². The summed E-state index contributed by atoms with van der Waals surface area (Å²) in [6.45, 7) is 9.34. The van der Waals surface area contributed by atoms with Crippen molar-refractivity contribution in [3.05, 3.63) is 36.0 Å². The van der Waals surface area contributed by atoms with Crippen LogP contribution < -0.4 is 5.32 Å². The molecule has 1 unspecified atom stereocenters. The molecule has 1 atom stereocenters. The number of aliphatic hydroxyl groups is 1. The van der Waals surface area contributed by atoms with Crippen molar-refractivity contribution in [1.82, 2.24) is 10.3 Å². The summed E-state index contributed by atoms with van der Waals surface area (Å²) in [7, 11) is 1.00. The molecule has 0 aliphatic heterocycles. The molecule has 0 saturated heterocycles. The highest BCUT2D eigenvalue weighted by atomic mass is 16.6. The van der Waals surface area contributed by atoms with Crippen LogP contribution in [0.15, 0.2) is 30.5 Å². The van der Waals surface area contributed by atoms with Crippen molar-refractivity contribution in [3.63, 3.8) is 0 Å². The summed E-state index contributed by atoms with van der Waals surface area (Å²) < 4.78 is 5.16. The van der Waals surface area contributed by atoms with E-state index in [2.05, 4.69) is 10.3 Å². The topological polar surface area (TPSA) is 91.4 Å². The first-order valence-corrected chi connectivity index (χ1v) is 8.33. The van der Waals surface area contributed by atoms with Gasteiger partial charge in [0.25, 0.3) is 0 Å². The van der Waals surface area contributed by atoms with Crippen molar-refractivity contribution in [2.75, 3.05) is 7.11 Å². The quantitative estimate of drug-likeness (QED) is 0.737. The van der Waals surface area contributed by atoms with Gasteiger partial charge in [0.05, 0.1) is 6.04 Å². The Balaban J connectivity index is 0.00000134. The molecule has 1 heterocycles. The van der Waals surface area contributed by atoms with Crippen LogP contribution >= 0.6 is 0 Å². The number of H-pyrrole nitrogens is 1. The normalized spacial score (nSPS) is 11.3. The third-order valence-corrected chi connectivity index (χ3v) is 2.98. The lowest BCUT2D eigenvalue weighted by atomic mass is 10.1. The third kappa shape index (κ3) is 7.85. The number of aromatic amines is 1. The highest BCUT2D eigenvalue weighted by Crippen LogP contribution is 2.19. The summed E-state index contributed by atoms with van der Waals surface area (Å²) in [6.07, 6.45) is 2.43. The molecule has 2 rings (SSSR count). The van der Waals surface area contributed by atoms with E-state index in [1.54, 1.807) is 20.8 Å². The van der Waals surface area contributed by atoms with Crippen LogP contribution in [0.1, 0.15) is 40.2 Å². The van der Waals surface area contributed by atoms with Gasteiger partial charge in [0, 0.05) is 30.6 Å². The molecule has 0 saturated carbocycles. The SMILES string of the molecule is CC.CC(C)(C)OC(=O)NC(C=O)Cc1c[nH]c2ccccc12.CO. The second-order valence-corrected chi connectivity index (χ2v) is 5.95.